The highest BCUT2D eigenvalue weighted by Crippen LogP contribution is 2.39. The quantitative estimate of drug-likeness (QED) is 0.104. The Hall–Kier alpha value is -5.29. The van der Waals surface area contributed by atoms with Crippen LogP contribution in [-0.2, 0) is 29.5 Å². The van der Waals surface area contributed by atoms with Crippen molar-refractivity contribution in [2.75, 3.05) is 47.5 Å². The van der Waals surface area contributed by atoms with Gasteiger partial charge in [0.2, 0.25) is 0 Å². The van der Waals surface area contributed by atoms with Crippen LogP contribution in [0.2, 0.25) is 0 Å². The van der Waals surface area contributed by atoms with Crippen LogP contribution in [0.1, 0.15) is 41.5 Å². The Morgan fingerprint density at radius 2 is 1.22 bits per heavy atom. The lowest BCUT2D eigenvalue weighted by Crippen LogP contribution is -2.53. The summed E-state index contributed by atoms with van der Waals surface area (Å²) in [6, 6.07) is 24.8. The van der Waals surface area contributed by atoms with E-state index in [2.05, 4.69) is 15.4 Å². The van der Waals surface area contributed by atoms with Crippen LogP contribution in [0.3, 0.4) is 0 Å². The third kappa shape index (κ3) is 9.09. The predicted molar refractivity (Wildman–Crippen MR) is 191 cm³/mol. The second-order valence-corrected chi connectivity index (χ2v) is 12.9. The molecule has 51 heavy (non-hydrogen) atoms. The van der Waals surface area contributed by atoms with Crippen molar-refractivity contribution in [3.8, 4) is 28.7 Å². The van der Waals surface area contributed by atoms with Gasteiger partial charge in [0.05, 0.1) is 21.3 Å². The predicted octanol–water partition coefficient (Wildman–Crippen LogP) is 6.53. The third-order valence-electron chi connectivity index (χ3n) is 9.64. The van der Waals surface area contributed by atoms with Gasteiger partial charge in [-0.15, -0.1) is 0 Å². The maximum absolute atomic E-state index is 16.2. The standard InChI is InChI=1S/C40H44FN3O7/c1-46-32-10-4-28(5-11-32)24-49-36-23-31(22-35(41)38(36)50-25-29-6-12-33(47-2)13-7-29)37(43-51-26-30-8-14-34(48-3)15-9-30)39(45)42-27-40-16-19-44(20-17-40)21-18-40/h4-15,22-23H,16-21,24-27H2,1-3H3,(H,42,45)/b43-37-. The number of amides is 1. The van der Waals surface area contributed by atoms with Gasteiger partial charge in [0.25, 0.3) is 5.91 Å². The van der Waals surface area contributed by atoms with E-state index in [4.69, 9.17) is 28.5 Å². The molecule has 1 amide bonds. The first-order chi connectivity index (χ1) is 24.9. The minimum Gasteiger partial charge on any atom is -0.497 e. The Morgan fingerprint density at radius 1 is 0.725 bits per heavy atom. The molecule has 0 spiro atoms. The molecule has 7 rings (SSSR count). The molecule has 3 heterocycles. The fourth-order valence-corrected chi connectivity index (χ4v) is 6.34. The number of nitrogens with one attached hydrogen (secondary N) is 1. The monoisotopic (exact) mass is 697 g/mol. The van der Waals surface area contributed by atoms with Gasteiger partial charge in [0.1, 0.15) is 37.1 Å². The topological polar surface area (TPSA) is 100 Å². The van der Waals surface area contributed by atoms with Gasteiger partial charge in [-0.3, -0.25) is 4.79 Å². The number of piperidine rings is 3. The number of carbonyl (C=O) groups is 1. The third-order valence-corrected chi connectivity index (χ3v) is 9.64. The van der Waals surface area contributed by atoms with E-state index in [1.54, 1.807) is 27.4 Å². The number of hydrogen-bond donors (Lipinski definition) is 1. The number of halogens is 1. The van der Waals surface area contributed by atoms with Crippen molar-refractivity contribution in [3.63, 3.8) is 0 Å². The smallest absolute Gasteiger partial charge is 0.273 e. The summed E-state index contributed by atoms with van der Waals surface area (Å²) in [4.78, 5) is 22.1. The Labute approximate surface area is 298 Å². The first-order valence-electron chi connectivity index (χ1n) is 17.1. The number of carbonyl (C=O) groups excluding carboxylic acids is 1. The van der Waals surface area contributed by atoms with Gasteiger partial charge in [0, 0.05) is 12.1 Å². The highest BCUT2D eigenvalue weighted by atomic mass is 19.1. The fourth-order valence-electron chi connectivity index (χ4n) is 6.34. The Bertz CT molecular complexity index is 1780. The summed E-state index contributed by atoms with van der Waals surface area (Å²) < 4.78 is 44.1. The van der Waals surface area contributed by atoms with E-state index in [-0.39, 0.29) is 48.0 Å². The maximum atomic E-state index is 16.2. The highest BCUT2D eigenvalue weighted by Gasteiger charge is 2.39. The van der Waals surface area contributed by atoms with Gasteiger partial charge in [-0.1, -0.05) is 41.6 Å². The van der Waals surface area contributed by atoms with Gasteiger partial charge in [0.15, 0.2) is 23.0 Å². The zero-order chi connectivity index (χ0) is 35.6. The minimum atomic E-state index is -0.709. The number of methoxy groups -OCH3 is 3. The second kappa shape index (κ2) is 16.6. The number of nitrogens with zero attached hydrogens (tertiary/aromatic N) is 2. The maximum Gasteiger partial charge on any atom is 0.273 e. The average Bonchev–Trinajstić information content (AvgIpc) is 3.18. The van der Waals surface area contributed by atoms with E-state index in [1.807, 2.05) is 72.8 Å². The molecule has 0 unspecified atom stereocenters. The summed E-state index contributed by atoms with van der Waals surface area (Å²) in [5.74, 6) is 0.972. The van der Waals surface area contributed by atoms with Crippen LogP contribution >= 0.6 is 0 Å². The molecule has 4 aromatic rings. The van der Waals surface area contributed by atoms with Crippen molar-refractivity contribution in [1.82, 2.24) is 10.2 Å². The Morgan fingerprint density at radius 3 is 1.73 bits per heavy atom. The summed E-state index contributed by atoms with van der Waals surface area (Å²) in [5.41, 5.74) is 2.62. The molecule has 1 N–H and O–H groups in total. The fraction of sp³-hybridized carbons (Fsp3) is 0.350. The molecule has 4 aromatic carbocycles. The summed E-state index contributed by atoms with van der Waals surface area (Å²) >= 11 is 0. The van der Waals surface area contributed by atoms with Crippen LogP contribution in [0.15, 0.2) is 90.1 Å². The first kappa shape index (κ1) is 35.5. The zero-order valence-electron chi connectivity index (χ0n) is 29.3. The molecule has 0 atom stereocenters. The average molecular weight is 698 g/mol. The number of oxime groups is 1. The molecule has 0 saturated carbocycles. The Kier molecular flexibility index (Phi) is 11.6. The Balaban J connectivity index is 1.28. The summed E-state index contributed by atoms with van der Waals surface area (Å²) in [6.45, 7) is 3.86. The van der Waals surface area contributed by atoms with Crippen molar-refractivity contribution in [3.05, 3.63) is 113 Å². The van der Waals surface area contributed by atoms with E-state index in [9.17, 15) is 4.79 Å². The normalized spacial score (nSPS) is 18.1. The van der Waals surface area contributed by atoms with E-state index >= 15 is 4.39 Å². The van der Waals surface area contributed by atoms with Crippen molar-refractivity contribution in [2.45, 2.75) is 39.1 Å². The molecule has 11 heteroatoms. The lowest BCUT2D eigenvalue weighted by Gasteiger charge is -2.48. The van der Waals surface area contributed by atoms with Crippen LogP contribution in [-0.4, -0.2) is 64.0 Å². The van der Waals surface area contributed by atoms with Gasteiger partial charge in [-0.25, -0.2) is 4.39 Å². The van der Waals surface area contributed by atoms with E-state index in [0.29, 0.717) is 23.8 Å². The van der Waals surface area contributed by atoms with Crippen molar-refractivity contribution in [2.24, 2.45) is 10.6 Å². The van der Waals surface area contributed by atoms with Crippen molar-refractivity contribution < 1.29 is 37.7 Å². The van der Waals surface area contributed by atoms with Crippen molar-refractivity contribution >= 4 is 11.6 Å². The van der Waals surface area contributed by atoms with Crippen LogP contribution < -0.4 is 29.0 Å². The van der Waals surface area contributed by atoms with Gasteiger partial charge >= 0.3 is 0 Å². The van der Waals surface area contributed by atoms with E-state index in [1.165, 1.54) is 6.07 Å². The molecular weight excluding hydrogens is 653 g/mol. The summed E-state index contributed by atoms with van der Waals surface area (Å²) in [5, 5.41) is 7.40. The second-order valence-electron chi connectivity index (χ2n) is 12.9. The van der Waals surface area contributed by atoms with Crippen molar-refractivity contribution in [1.29, 1.82) is 0 Å². The van der Waals surface area contributed by atoms with Crippen LogP contribution in [0.4, 0.5) is 4.39 Å². The summed E-state index contributed by atoms with van der Waals surface area (Å²) in [6.07, 6.45) is 3.06. The van der Waals surface area contributed by atoms with Crippen LogP contribution in [0.5, 0.6) is 28.7 Å². The molecule has 3 fully saturated rings. The van der Waals surface area contributed by atoms with Gasteiger partial charge < -0.3 is 38.7 Å². The zero-order valence-corrected chi connectivity index (χ0v) is 29.3. The molecule has 2 bridgehead atoms. The number of benzene rings is 4. The van der Waals surface area contributed by atoms with Crippen LogP contribution in [0.25, 0.3) is 0 Å². The lowest BCUT2D eigenvalue weighted by atomic mass is 9.72. The van der Waals surface area contributed by atoms with E-state index in [0.717, 1.165) is 55.6 Å². The molecule has 3 aliphatic heterocycles. The first-order valence-corrected chi connectivity index (χ1v) is 17.1. The molecule has 0 aromatic heterocycles. The number of hydrogen-bond acceptors (Lipinski definition) is 9. The van der Waals surface area contributed by atoms with Gasteiger partial charge in [-0.2, -0.15) is 0 Å². The van der Waals surface area contributed by atoms with Gasteiger partial charge in [-0.05, 0) is 110 Å². The molecule has 0 aliphatic carbocycles. The number of fused-ring (bicyclic) bond motifs is 3. The van der Waals surface area contributed by atoms with E-state index < -0.39 is 11.7 Å². The molecule has 0 radical (unpaired) electrons. The lowest BCUT2D eigenvalue weighted by molar-refractivity contribution is -0.116. The molecule has 10 nitrogen and oxygen atoms in total. The molecular formula is C40H44FN3O7. The molecule has 268 valence electrons. The SMILES string of the molecule is COc1ccc(CO/N=C(\C(=O)NCC23CCN(CC2)CC3)c2cc(F)c(OCc3ccc(OC)cc3)c(OCc3ccc(OC)cc3)c2)cc1. The number of rotatable bonds is 16. The minimum absolute atomic E-state index is 0.0382. The summed E-state index contributed by atoms with van der Waals surface area (Å²) in [7, 11) is 4.79. The largest absolute Gasteiger partial charge is 0.497 e. The highest BCUT2D eigenvalue weighted by molar-refractivity contribution is 6.45. The number of ether oxygens (including phenoxy) is 5. The van der Waals surface area contributed by atoms with Crippen LogP contribution in [0, 0.1) is 11.2 Å². The molecule has 3 aliphatic rings. The molecule has 3 saturated heterocycles.